The Bertz CT molecular complexity index is 1350. The van der Waals surface area contributed by atoms with Gasteiger partial charge in [0.25, 0.3) is 5.91 Å². The molecule has 0 atom stereocenters. The lowest BCUT2D eigenvalue weighted by Crippen LogP contribution is -2.19. The smallest absolute Gasteiger partial charge is 0.438 e. The Labute approximate surface area is 183 Å². The van der Waals surface area contributed by atoms with Crippen LogP contribution in [0.1, 0.15) is 47.7 Å². The molecule has 1 aliphatic rings. The summed E-state index contributed by atoms with van der Waals surface area (Å²) in [5.74, 6) is 1.13. The fourth-order valence-corrected chi connectivity index (χ4v) is 3.99. The normalized spacial score (nSPS) is 13.2. The molecule has 0 bridgehead atoms. The highest BCUT2D eigenvalue weighted by Crippen LogP contribution is 2.29. The Hall–Kier alpha value is -3.88. The summed E-state index contributed by atoms with van der Waals surface area (Å²) in [6.07, 6.45) is 3.99. The summed E-state index contributed by atoms with van der Waals surface area (Å²) in [6, 6.07) is 11.3. The maximum atomic E-state index is 12.8. The largest absolute Gasteiger partial charge is 0.491 e. The van der Waals surface area contributed by atoms with Crippen molar-refractivity contribution in [1.82, 2.24) is 19.5 Å². The zero-order chi connectivity index (χ0) is 22.3. The fourth-order valence-electron chi connectivity index (χ4n) is 3.99. The highest BCUT2D eigenvalue weighted by Gasteiger charge is 2.22. The number of pyridine rings is 1. The van der Waals surface area contributed by atoms with Gasteiger partial charge in [-0.3, -0.25) is 18.7 Å². The number of amides is 1. The molecular weight excluding hydrogens is 410 g/mol. The number of ether oxygens (including phenoxy) is 1. The van der Waals surface area contributed by atoms with Gasteiger partial charge in [-0.1, -0.05) is 31.1 Å². The third kappa shape index (κ3) is 3.77. The number of anilines is 1. The summed E-state index contributed by atoms with van der Waals surface area (Å²) in [6.45, 7) is 4.88. The molecule has 4 heterocycles. The number of fused-ring (bicyclic) bond motifs is 3. The van der Waals surface area contributed by atoms with Gasteiger partial charge in [0.1, 0.15) is 11.4 Å². The maximum Gasteiger partial charge on any atom is 0.438 e. The highest BCUT2D eigenvalue weighted by molar-refractivity contribution is 6.03. The molecule has 1 aromatic carbocycles. The van der Waals surface area contributed by atoms with E-state index in [0.29, 0.717) is 30.2 Å². The van der Waals surface area contributed by atoms with Crippen molar-refractivity contribution in [3.63, 3.8) is 0 Å². The molecule has 0 saturated heterocycles. The van der Waals surface area contributed by atoms with E-state index in [1.165, 1.54) is 0 Å². The van der Waals surface area contributed by atoms with Crippen molar-refractivity contribution >= 4 is 17.4 Å². The van der Waals surface area contributed by atoms with E-state index in [-0.39, 0.29) is 11.3 Å². The minimum absolute atomic E-state index is 0.172. The molecule has 0 spiro atoms. The number of imidazole rings is 1. The van der Waals surface area contributed by atoms with E-state index < -0.39 is 5.76 Å². The van der Waals surface area contributed by atoms with Crippen molar-refractivity contribution in [2.75, 3.05) is 11.9 Å². The predicted molar refractivity (Wildman–Crippen MR) is 117 cm³/mol. The van der Waals surface area contributed by atoms with Crippen molar-refractivity contribution in [2.24, 2.45) is 0 Å². The zero-order valence-electron chi connectivity index (χ0n) is 17.8. The van der Waals surface area contributed by atoms with E-state index in [0.717, 1.165) is 35.5 Å². The molecule has 9 nitrogen and oxygen atoms in total. The van der Waals surface area contributed by atoms with Crippen LogP contribution in [0.3, 0.4) is 0 Å². The molecule has 3 aromatic heterocycles. The van der Waals surface area contributed by atoms with Gasteiger partial charge in [-0.05, 0) is 41.7 Å². The average molecular weight is 433 g/mol. The van der Waals surface area contributed by atoms with Crippen molar-refractivity contribution in [1.29, 1.82) is 0 Å². The Morgan fingerprint density at radius 2 is 2.03 bits per heavy atom. The number of nitrogens with zero attached hydrogens (tertiary/aromatic N) is 3. The summed E-state index contributed by atoms with van der Waals surface area (Å²) in [4.78, 5) is 30.9. The van der Waals surface area contributed by atoms with E-state index in [2.05, 4.69) is 38.8 Å². The number of nitrogens with one attached hydrogen (secondary N) is 2. The lowest BCUT2D eigenvalue weighted by Gasteiger charge is -2.25. The van der Waals surface area contributed by atoms with E-state index in [1.807, 2.05) is 47.0 Å². The molecule has 9 heteroatoms. The van der Waals surface area contributed by atoms with E-state index >= 15 is 0 Å². The second kappa shape index (κ2) is 7.67. The molecule has 0 fully saturated rings. The van der Waals surface area contributed by atoms with Crippen LogP contribution in [0.4, 0.5) is 5.82 Å². The Balaban J connectivity index is 1.28. The van der Waals surface area contributed by atoms with E-state index in [9.17, 15) is 9.59 Å². The highest BCUT2D eigenvalue weighted by atomic mass is 16.5. The molecule has 5 rings (SSSR count). The van der Waals surface area contributed by atoms with Crippen LogP contribution in [0.25, 0.3) is 5.65 Å². The third-order valence-corrected chi connectivity index (χ3v) is 5.93. The molecular formula is C23H23N5O4. The first-order chi connectivity index (χ1) is 15.4. The molecule has 4 aromatic rings. The molecule has 164 valence electrons. The van der Waals surface area contributed by atoms with Crippen molar-refractivity contribution < 1.29 is 14.1 Å². The average Bonchev–Trinajstić information content (AvgIpc) is 3.51. The summed E-state index contributed by atoms with van der Waals surface area (Å²) >= 11 is 0. The Kier molecular flexibility index (Phi) is 4.80. The monoisotopic (exact) mass is 433 g/mol. The van der Waals surface area contributed by atoms with Crippen molar-refractivity contribution in [3.05, 3.63) is 75.8 Å². The third-order valence-electron chi connectivity index (χ3n) is 5.93. The van der Waals surface area contributed by atoms with Gasteiger partial charge in [0, 0.05) is 18.4 Å². The standard InChI is InChI=1S/C23H23N5O4/c1-23(2,11-9-18-26-22(30)32-27-18)15-5-3-14(4-6-15)21(29)25-19-13-28-16-10-12-31-17(16)7-8-20(28)24-19/h3-8,13H,9-12H2,1-2H3,(H,25,29)(H,26,27,30). The van der Waals surface area contributed by atoms with Crippen LogP contribution in [0.15, 0.2) is 51.9 Å². The second-order valence-corrected chi connectivity index (χ2v) is 8.55. The van der Waals surface area contributed by atoms with Crippen LogP contribution in [0.5, 0.6) is 5.75 Å². The van der Waals surface area contributed by atoms with Crippen LogP contribution in [0, 0.1) is 0 Å². The zero-order valence-corrected chi connectivity index (χ0v) is 17.8. The van der Waals surface area contributed by atoms with Gasteiger partial charge >= 0.3 is 5.76 Å². The first-order valence-electron chi connectivity index (χ1n) is 10.5. The van der Waals surface area contributed by atoms with E-state index in [1.54, 1.807) is 0 Å². The number of aryl methyl sites for hydroxylation is 1. The lowest BCUT2D eigenvalue weighted by molar-refractivity contribution is 0.102. The molecule has 2 N–H and O–H groups in total. The number of aromatic nitrogens is 4. The van der Waals surface area contributed by atoms with Gasteiger partial charge in [0.2, 0.25) is 0 Å². The van der Waals surface area contributed by atoms with E-state index in [4.69, 9.17) is 4.74 Å². The summed E-state index contributed by atoms with van der Waals surface area (Å²) < 4.78 is 12.1. The van der Waals surface area contributed by atoms with Crippen LogP contribution in [-0.2, 0) is 18.3 Å². The molecule has 1 aliphatic heterocycles. The topological polar surface area (TPSA) is 115 Å². The fraction of sp³-hybridized carbons (Fsp3) is 0.304. The first-order valence-corrected chi connectivity index (χ1v) is 10.5. The maximum absolute atomic E-state index is 12.8. The lowest BCUT2D eigenvalue weighted by atomic mass is 9.80. The van der Waals surface area contributed by atoms with Gasteiger partial charge in [0.15, 0.2) is 11.6 Å². The number of aromatic amines is 1. The van der Waals surface area contributed by atoms with Gasteiger partial charge in [-0.2, -0.15) is 0 Å². The van der Waals surface area contributed by atoms with Crippen LogP contribution >= 0.6 is 0 Å². The molecule has 0 radical (unpaired) electrons. The molecule has 0 unspecified atom stereocenters. The Morgan fingerprint density at radius 3 is 2.78 bits per heavy atom. The summed E-state index contributed by atoms with van der Waals surface area (Å²) in [7, 11) is 0. The molecule has 0 aliphatic carbocycles. The molecule has 32 heavy (non-hydrogen) atoms. The number of hydrogen-bond acceptors (Lipinski definition) is 6. The minimum atomic E-state index is -0.545. The SMILES string of the molecule is CC(C)(CCc1noc(=O)[nH]1)c1ccc(C(=O)Nc2cn3c4c(ccc3n2)OCC4)cc1. The summed E-state index contributed by atoms with van der Waals surface area (Å²) in [5, 5.41) is 6.60. The van der Waals surface area contributed by atoms with Crippen molar-refractivity contribution in [3.8, 4) is 5.75 Å². The van der Waals surface area contributed by atoms with Crippen LogP contribution in [0.2, 0.25) is 0 Å². The number of hydrogen-bond donors (Lipinski definition) is 2. The minimum Gasteiger partial charge on any atom is -0.491 e. The second-order valence-electron chi connectivity index (χ2n) is 8.55. The molecule has 0 saturated carbocycles. The van der Waals surface area contributed by atoms with Gasteiger partial charge in [-0.15, -0.1) is 0 Å². The predicted octanol–water partition coefficient (Wildman–Crippen LogP) is 3.11. The number of benzene rings is 1. The molecule has 1 amide bonds. The summed E-state index contributed by atoms with van der Waals surface area (Å²) in [5.41, 5.74) is 3.31. The van der Waals surface area contributed by atoms with Crippen molar-refractivity contribution in [2.45, 2.75) is 38.5 Å². The number of rotatable bonds is 6. The number of carbonyl (C=O) groups excluding carboxylic acids is 1. The van der Waals surface area contributed by atoms with Gasteiger partial charge < -0.3 is 10.1 Å². The Morgan fingerprint density at radius 1 is 1.22 bits per heavy atom. The number of carbonyl (C=O) groups is 1. The number of H-pyrrole nitrogens is 1. The van der Waals surface area contributed by atoms with Gasteiger partial charge in [0.05, 0.1) is 18.5 Å². The van der Waals surface area contributed by atoms with Crippen LogP contribution in [-0.4, -0.2) is 32.0 Å². The van der Waals surface area contributed by atoms with Gasteiger partial charge in [-0.25, -0.2) is 9.78 Å². The first kappa shape index (κ1) is 20.0. The quantitative estimate of drug-likeness (QED) is 0.483. The van der Waals surface area contributed by atoms with Crippen LogP contribution < -0.4 is 15.8 Å².